The molecule has 1 amide bonds. The Morgan fingerprint density at radius 3 is 2.67 bits per heavy atom. The minimum Gasteiger partial charge on any atom is -0.358 e. The van der Waals surface area contributed by atoms with Gasteiger partial charge >= 0.3 is 0 Å². The third kappa shape index (κ3) is 5.88. The van der Waals surface area contributed by atoms with Crippen LogP contribution < -0.4 is 10.2 Å². The summed E-state index contributed by atoms with van der Waals surface area (Å²) in [5, 5.41) is 11.2. The van der Waals surface area contributed by atoms with Crippen LogP contribution in [0.2, 0.25) is 0 Å². The molecule has 6 nitrogen and oxygen atoms in total. The van der Waals surface area contributed by atoms with Gasteiger partial charge in [0.05, 0.1) is 0 Å². The van der Waals surface area contributed by atoms with Crippen molar-refractivity contribution < 1.29 is 4.79 Å². The van der Waals surface area contributed by atoms with Gasteiger partial charge in [0.15, 0.2) is 11.5 Å². The van der Waals surface area contributed by atoms with Gasteiger partial charge < -0.3 is 10.2 Å². The predicted molar refractivity (Wildman–Crippen MR) is 107 cm³/mol. The van der Waals surface area contributed by atoms with Crippen LogP contribution in [0, 0.1) is 0 Å². The van der Waals surface area contributed by atoms with Crippen LogP contribution in [-0.2, 0) is 6.42 Å². The van der Waals surface area contributed by atoms with Crippen molar-refractivity contribution in [3.63, 3.8) is 0 Å². The highest BCUT2D eigenvalue weighted by molar-refractivity contribution is 5.92. The van der Waals surface area contributed by atoms with E-state index in [0.29, 0.717) is 12.2 Å². The molecule has 0 saturated carbocycles. The molecule has 0 fully saturated rings. The average Bonchev–Trinajstić information content (AvgIpc) is 2.73. The maximum Gasteiger partial charge on any atom is 0.271 e. The first-order valence-corrected chi connectivity index (χ1v) is 9.62. The monoisotopic (exact) mass is 365 g/mol. The van der Waals surface area contributed by atoms with E-state index in [1.54, 1.807) is 18.5 Å². The topological polar surface area (TPSA) is 71.0 Å². The van der Waals surface area contributed by atoms with Crippen molar-refractivity contribution in [3.05, 3.63) is 59.6 Å². The molecule has 142 valence electrons. The van der Waals surface area contributed by atoms with Gasteiger partial charge in [0.25, 0.3) is 5.91 Å². The zero-order chi connectivity index (χ0) is 18.9. The molecular weight excluding hydrogens is 338 g/mol. The fourth-order valence-corrected chi connectivity index (χ4v) is 3.17. The van der Waals surface area contributed by atoms with Crippen molar-refractivity contribution in [2.75, 3.05) is 25.0 Å². The second-order valence-electron chi connectivity index (χ2n) is 6.92. The Morgan fingerprint density at radius 1 is 1.11 bits per heavy atom. The number of rotatable bonds is 8. The van der Waals surface area contributed by atoms with E-state index in [0.717, 1.165) is 31.6 Å². The molecule has 2 aromatic rings. The van der Waals surface area contributed by atoms with E-state index < -0.39 is 0 Å². The zero-order valence-corrected chi connectivity index (χ0v) is 15.9. The van der Waals surface area contributed by atoms with Gasteiger partial charge in [-0.3, -0.25) is 9.78 Å². The first-order valence-electron chi connectivity index (χ1n) is 9.62. The molecule has 0 spiro atoms. The number of likely N-dealkylation sites (N-methyl/N-ethyl adjacent to an activating group) is 1. The predicted octanol–water partition coefficient (Wildman–Crippen LogP) is 3.17. The van der Waals surface area contributed by atoms with E-state index in [-0.39, 0.29) is 5.91 Å². The molecule has 0 bridgehead atoms. The summed E-state index contributed by atoms with van der Waals surface area (Å²) < 4.78 is 0. The smallest absolute Gasteiger partial charge is 0.271 e. The Hall–Kier alpha value is -2.76. The standard InChI is InChI=1S/C21H27N5O/c1-26(16-12-18-9-13-22-14-10-18)20-8-7-19(24-25-20)21(27)23-15-11-17-5-3-2-4-6-17/h5,7-10,13-14H,2-4,6,11-12,15-16H2,1H3,(H,23,27). The highest BCUT2D eigenvalue weighted by atomic mass is 16.1. The van der Waals surface area contributed by atoms with Crippen LogP contribution in [0.25, 0.3) is 0 Å². The Labute approximate surface area is 160 Å². The van der Waals surface area contributed by atoms with Gasteiger partial charge in [-0.15, -0.1) is 10.2 Å². The second kappa shape index (κ2) is 9.80. The van der Waals surface area contributed by atoms with E-state index in [1.807, 2.05) is 30.1 Å². The number of nitrogens with zero attached hydrogens (tertiary/aromatic N) is 4. The number of nitrogens with one attached hydrogen (secondary N) is 1. The number of carbonyl (C=O) groups excluding carboxylic acids is 1. The first-order chi connectivity index (χ1) is 13.2. The number of carbonyl (C=O) groups is 1. The third-order valence-electron chi connectivity index (χ3n) is 4.88. The highest BCUT2D eigenvalue weighted by Gasteiger charge is 2.10. The normalized spacial score (nSPS) is 13.7. The molecule has 1 aliphatic carbocycles. The average molecular weight is 365 g/mol. The molecule has 27 heavy (non-hydrogen) atoms. The SMILES string of the molecule is CN(CCc1ccncc1)c1ccc(C(=O)NCCC2=CCCCC2)nn1. The van der Waals surface area contributed by atoms with Crippen molar-refractivity contribution in [1.82, 2.24) is 20.5 Å². The number of amides is 1. The van der Waals surface area contributed by atoms with Crippen molar-refractivity contribution in [1.29, 1.82) is 0 Å². The molecule has 0 aliphatic heterocycles. The van der Waals surface area contributed by atoms with Crippen LogP contribution in [0.15, 0.2) is 48.3 Å². The highest BCUT2D eigenvalue weighted by Crippen LogP contribution is 2.19. The maximum atomic E-state index is 12.2. The number of hydrogen-bond donors (Lipinski definition) is 1. The first kappa shape index (κ1) is 19.0. The molecule has 0 unspecified atom stereocenters. The third-order valence-corrected chi connectivity index (χ3v) is 4.88. The van der Waals surface area contributed by atoms with Gasteiger partial charge in [0.1, 0.15) is 0 Å². The van der Waals surface area contributed by atoms with Crippen LogP contribution in [0.1, 0.15) is 48.2 Å². The van der Waals surface area contributed by atoms with E-state index in [4.69, 9.17) is 0 Å². The van der Waals surface area contributed by atoms with Crippen molar-refractivity contribution in [2.45, 2.75) is 38.5 Å². The lowest BCUT2D eigenvalue weighted by molar-refractivity contribution is 0.0948. The van der Waals surface area contributed by atoms with Crippen molar-refractivity contribution >= 4 is 11.7 Å². The molecule has 6 heteroatoms. The summed E-state index contributed by atoms with van der Waals surface area (Å²) in [6, 6.07) is 7.60. The molecule has 1 aliphatic rings. The maximum absolute atomic E-state index is 12.2. The number of aromatic nitrogens is 3. The molecule has 2 heterocycles. The van der Waals surface area contributed by atoms with Crippen LogP contribution in [0.5, 0.6) is 0 Å². The molecule has 2 aromatic heterocycles. The summed E-state index contributed by atoms with van der Waals surface area (Å²) in [6.07, 6.45) is 12.6. The molecule has 3 rings (SSSR count). The molecule has 0 atom stereocenters. The number of allylic oxidation sites excluding steroid dienone is 1. The summed E-state index contributed by atoms with van der Waals surface area (Å²) in [6.45, 7) is 1.47. The Kier molecular flexibility index (Phi) is 6.90. The minimum atomic E-state index is -0.162. The largest absolute Gasteiger partial charge is 0.358 e. The lowest BCUT2D eigenvalue weighted by Gasteiger charge is -2.17. The quantitative estimate of drug-likeness (QED) is 0.728. The van der Waals surface area contributed by atoms with E-state index >= 15 is 0 Å². The van der Waals surface area contributed by atoms with Gasteiger partial charge in [-0.25, -0.2) is 0 Å². The molecule has 0 aromatic carbocycles. The lowest BCUT2D eigenvalue weighted by Crippen LogP contribution is -2.27. The van der Waals surface area contributed by atoms with E-state index in [9.17, 15) is 4.79 Å². The van der Waals surface area contributed by atoms with Crippen LogP contribution in [-0.4, -0.2) is 41.2 Å². The van der Waals surface area contributed by atoms with E-state index in [1.165, 1.54) is 30.4 Å². The summed E-state index contributed by atoms with van der Waals surface area (Å²) in [7, 11) is 1.98. The molecule has 0 saturated heterocycles. The van der Waals surface area contributed by atoms with Gasteiger partial charge in [-0.1, -0.05) is 11.6 Å². The summed E-state index contributed by atoms with van der Waals surface area (Å²) >= 11 is 0. The van der Waals surface area contributed by atoms with Gasteiger partial charge in [-0.05, 0) is 68.4 Å². The van der Waals surface area contributed by atoms with Gasteiger partial charge in [0.2, 0.25) is 0 Å². The summed E-state index contributed by atoms with van der Waals surface area (Å²) in [5.41, 5.74) is 3.05. The minimum absolute atomic E-state index is 0.162. The fraction of sp³-hybridized carbons (Fsp3) is 0.429. The van der Waals surface area contributed by atoms with Crippen molar-refractivity contribution in [3.8, 4) is 0 Å². The number of hydrogen-bond acceptors (Lipinski definition) is 5. The number of anilines is 1. The second-order valence-corrected chi connectivity index (χ2v) is 6.92. The van der Waals surface area contributed by atoms with Crippen LogP contribution >= 0.6 is 0 Å². The molecular formula is C21H27N5O. The fourth-order valence-electron chi connectivity index (χ4n) is 3.17. The lowest BCUT2D eigenvalue weighted by atomic mass is 9.97. The number of pyridine rings is 1. The van der Waals surface area contributed by atoms with Crippen LogP contribution in [0.3, 0.4) is 0 Å². The zero-order valence-electron chi connectivity index (χ0n) is 15.9. The Bertz CT molecular complexity index is 758. The van der Waals surface area contributed by atoms with Crippen molar-refractivity contribution in [2.24, 2.45) is 0 Å². The van der Waals surface area contributed by atoms with Crippen LogP contribution in [0.4, 0.5) is 5.82 Å². The van der Waals surface area contributed by atoms with Gasteiger partial charge in [-0.2, -0.15) is 0 Å². The Morgan fingerprint density at radius 2 is 1.96 bits per heavy atom. The summed E-state index contributed by atoms with van der Waals surface area (Å²) in [4.78, 5) is 18.3. The van der Waals surface area contributed by atoms with Gasteiger partial charge in [0, 0.05) is 32.5 Å². The van der Waals surface area contributed by atoms with E-state index in [2.05, 4.69) is 26.6 Å². The Balaban J connectivity index is 1.45. The summed E-state index contributed by atoms with van der Waals surface area (Å²) in [5.74, 6) is 0.595. The molecule has 0 radical (unpaired) electrons. The molecule has 1 N–H and O–H groups in total.